The van der Waals surface area contributed by atoms with Crippen LogP contribution in [0.4, 0.5) is 18.9 Å². The van der Waals surface area contributed by atoms with Crippen molar-refractivity contribution in [1.29, 1.82) is 0 Å². The zero-order chi connectivity index (χ0) is 24.7. The number of nitrogens with zero attached hydrogens (tertiary/aromatic N) is 1. The molecule has 4 rings (SSSR count). The summed E-state index contributed by atoms with van der Waals surface area (Å²) >= 11 is 18.4. The van der Waals surface area contributed by atoms with Crippen LogP contribution in [0.1, 0.15) is 16.8 Å². The number of pyridine rings is 1. The van der Waals surface area contributed by atoms with Gasteiger partial charge in [0.25, 0.3) is 10.0 Å². The molecule has 0 aliphatic rings. The Hall–Kier alpha value is -2.52. The van der Waals surface area contributed by atoms with Crippen molar-refractivity contribution in [3.05, 3.63) is 98.6 Å². The Kier molecular flexibility index (Phi) is 6.70. The number of alkyl halides is 3. The Morgan fingerprint density at radius 3 is 2.21 bits per heavy atom. The maximum absolute atomic E-state index is 12.8. The highest BCUT2D eigenvalue weighted by Gasteiger charge is 2.32. The molecule has 0 aliphatic heterocycles. The van der Waals surface area contributed by atoms with Gasteiger partial charge in [-0.15, -0.1) is 0 Å². The molecule has 0 saturated carbocycles. The van der Waals surface area contributed by atoms with Crippen LogP contribution in [0.2, 0.25) is 15.1 Å². The lowest BCUT2D eigenvalue weighted by molar-refractivity contribution is -0.137. The molecule has 0 unspecified atom stereocenters. The van der Waals surface area contributed by atoms with Crippen molar-refractivity contribution < 1.29 is 21.6 Å². The van der Waals surface area contributed by atoms with E-state index in [1.807, 2.05) is 6.07 Å². The molecular formula is C23H14Cl3F3N2O2S. The van der Waals surface area contributed by atoms with E-state index >= 15 is 0 Å². The third kappa shape index (κ3) is 5.25. The first-order chi connectivity index (χ1) is 15.9. The van der Waals surface area contributed by atoms with Gasteiger partial charge in [0.05, 0.1) is 31.8 Å². The van der Waals surface area contributed by atoms with Crippen molar-refractivity contribution in [2.24, 2.45) is 0 Å². The maximum atomic E-state index is 12.8. The van der Waals surface area contributed by atoms with Gasteiger partial charge in [-0.1, -0.05) is 53.0 Å². The fourth-order valence-electron chi connectivity index (χ4n) is 3.29. The molecule has 34 heavy (non-hydrogen) atoms. The first kappa shape index (κ1) is 24.6. The van der Waals surface area contributed by atoms with Crippen LogP contribution < -0.4 is 4.72 Å². The molecule has 176 valence electrons. The Morgan fingerprint density at radius 1 is 0.853 bits per heavy atom. The molecular weight excluding hydrogens is 532 g/mol. The number of rotatable bonds is 5. The number of nitrogens with one attached hydrogen (secondary N) is 1. The summed E-state index contributed by atoms with van der Waals surface area (Å²) < 4.78 is 66.0. The lowest BCUT2D eigenvalue weighted by Crippen LogP contribution is -2.14. The molecule has 4 nitrogen and oxygen atoms in total. The molecule has 0 spiro atoms. The highest BCUT2D eigenvalue weighted by molar-refractivity contribution is 7.92. The normalized spacial score (nSPS) is 12.2. The Morgan fingerprint density at radius 2 is 1.56 bits per heavy atom. The van der Waals surface area contributed by atoms with Crippen LogP contribution >= 0.6 is 34.8 Å². The van der Waals surface area contributed by atoms with E-state index in [1.54, 1.807) is 30.3 Å². The molecule has 1 heterocycles. The molecule has 11 heteroatoms. The second-order valence-electron chi connectivity index (χ2n) is 7.35. The van der Waals surface area contributed by atoms with Crippen LogP contribution in [0, 0.1) is 0 Å². The van der Waals surface area contributed by atoms with Crippen molar-refractivity contribution >= 4 is 61.4 Å². The number of hydrogen-bond acceptors (Lipinski definition) is 3. The van der Waals surface area contributed by atoms with E-state index in [-0.39, 0.29) is 5.69 Å². The van der Waals surface area contributed by atoms with Gasteiger partial charge in [0, 0.05) is 17.5 Å². The van der Waals surface area contributed by atoms with E-state index < -0.39 is 31.7 Å². The first-order valence-electron chi connectivity index (χ1n) is 9.66. The number of sulfonamides is 1. The van der Waals surface area contributed by atoms with Crippen LogP contribution in [0.25, 0.3) is 10.9 Å². The van der Waals surface area contributed by atoms with Crippen LogP contribution in [0.3, 0.4) is 0 Å². The third-order valence-corrected chi connectivity index (χ3v) is 7.48. The molecule has 0 fully saturated rings. The minimum absolute atomic E-state index is 0.212. The van der Waals surface area contributed by atoms with Crippen molar-refractivity contribution in [1.82, 2.24) is 4.98 Å². The van der Waals surface area contributed by atoms with Crippen LogP contribution in [0.5, 0.6) is 0 Å². The second kappa shape index (κ2) is 9.26. The summed E-state index contributed by atoms with van der Waals surface area (Å²) in [5.74, 6) is 0. The average Bonchev–Trinajstić information content (AvgIpc) is 2.75. The average molecular weight is 546 g/mol. The fraction of sp³-hybridized carbons (Fsp3) is 0.0870. The van der Waals surface area contributed by atoms with E-state index in [1.165, 1.54) is 12.1 Å². The summed E-state index contributed by atoms with van der Waals surface area (Å²) in [4.78, 5) is 4.10. The molecule has 1 aromatic heterocycles. The van der Waals surface area contributed by atoms with Gasteiger partial charge < -0.3 is 0 Å². The predicted molar refractivity (Wildman–Crippen MR) is 128 cm³/mol. The van der Waals surface area contributed by atoms with E-state index in [0.717, 1.165) is 17.0 Å². The largest absolute Gasteiger partial charge is 0.416 e. The Labute approximate surface area is 208 Å². The lowest BCUT2D eigenvalue weighted by Gasteiger charge is -2.12. The standard InChI is InChI=1S/C23H14Cl3F3N2O2S/c24-17-2-1-3-20-16(17)12-18(25)21(30-20)10-13-4-7-15(8-5-13)31-34(32,33)22-9-6-14(11-19(22)26)23(27,28)29/h1-9,11-12,31H,10H2. The highest BCUT2D eigenvalue weighted by Crippen LogP contribution is 2.34. The second-order valence-corrected chi connectivity index (χ2v) is 10.2. The van der Waals surface area contributed by atoms with E-state index in [2.05, 4.69) is 9.71 Å². The molecule has 4 aromatic rings. The first-order valence-corrected chi connectivity index (χ1v) is 12.3. The highest BCUT2D eigenvalue weighted by atomic mass is 35.5. The topological polar surface area (TPSA) is 59.1 Å². The number of anilines is 1. The quantitative estimate of drug-likeness (QED) is 0.281. The van der Waals surface area contributed by atoms with Gasteiger partial charge in [0.1, 0.15) is 4.90 Å². The van der Waals surface area contributed by atoms with Gasteiger partial charge >= 0.3 is 6.18 Å². The minimum atomic E-state index is -4.63. The number of fused-ring (bicyclic) bond motifs is 1. The number of halogens is 6. The van der Waals surface area contributed by atoms with Gasteiger partial charge in [-0.05, 0) is 54.1 Å². The van der Waals surface area contributed by atoms with Crippen LogP contribution in [-0.2, 0) is 22.6 Å². The summed E-state index contributed by atoms with van der Waals surface area (Å²) in [6.45, 7) is 0. The van der Waals surface area contributed by atoms with Gasteiger partial charge in [0.15, 0.2) is 0 Å². The van der Waals surface area contributed by atoms with Gasteiger partial charge in [-0.2, -0.15) is 13.2 Å². The molecule has 1 N–H and O–H groups in total. The SMILES string of the molecule is O=S(=O)(Nc1ccc(Cc2nc3cccc(Cl)c3cc2Cl)cc1)c1ccc(C(F)(F)F)cc1Cl. The maximum Gasteiger partial charge on any atom is 0.416 e. The Bertz CT molecular complexity index is 1490. The number of aromatic nitrogens is 1. The van der Waals surface area contributed by atoms with E-state index in [9.17, 15) is 21.6 Å². The van der Waals surface area contributed by atoms with Gasteiger partial charge in [-0.25, -0.2) is 8.42 Å². The molecule has 0 amide bonds. The zero-order valence-electron chi connectivity index (χ0n) is 17.0. The predicted octanol–water partition coefficient (Wildman–Crippen LogP) is 7.61. The van der Waals surface area contributed by atoms with E-state index in [4.69, 9.17) is 34.8 Å². The Balaban J connectivity index is 1.53. The summed E-state index contributed by atoms with van der Waals surface area (Å²) in [7, 11) is -4.21. The molecule has 0 atom stereocenters. The monoisotopic (exact) mass is 544 g/mol. The molecule has 0 aliphatic carbocycles. The lowest BCUT2D eigenvalue weighted by atomic mass is 10.1. The summed E-state index contributed by atoms with van der Waals surface area (Å²) in [5.41, 5.74) is 1.31. The van der Waals surface area contributed by atoms with Crippen LogP contribution in [-0.4, -0.2) is 13.4 Å². The summed E-state index contributed by atoms with van der Waals surface area (Å²) in [6, 6.07) is 15.6. The van der Waals surface area contributed by atoms with Gasteiger partial charge in [0.2, 0.25) is 0 Å². The molecule has 0 bridgehead atoms. The third-order valence-electron chi connectivity index (χ3n) is 4.96. The van der Waals surface area contributed by atoms with Gasteiger partial charge in [-0.3, -0.25) is 9.71 Å². The molecule has 0 saturated heterocycles. The smallest absolute Gasteiger partial charge is 0.280 e. The molecule has 0 radical (unpaired) electrons. The number of hydrogen-bond donors (Lipinski definition) is 1. The van der Waals surface area contributed by atoms with Crippen molar-refractivity contribution in [3.8, 4) is 0 Å². The van der Waals surface area contributed by atoms with Crippen molar-refractivity contribution in [3.63, 3.8) is 0 Å². The molecule has 3 aromatic carbocycles. The zero-order valence-corrected chi connectivity index (χ0v) is 20.1. The van der Waals surface area contributed by atoms with Crippen molar-refractivity contribution in [2.45, 2.75) is 17.5 Å². The fourth-order valence-corrected chi connectivity index (χ4v) is 5.33. The summed E-state index contributed by atoms with van der Waals surface area (Å²) in [6.07, 6.45) is -4.25. The number of benzene rings is 3. The van der Waals surface area contributed by atoms with Crippen molar-refractivity contribution in [2.75, 3.05) is 4.72 Å². The minimum Gasteiger partial charge on any atom is -0.280 e. The van der Waals surface area contributed by atoms with Crippen LogP contribution in [0.15, 0.2) is 71.6 Å². The summed E-state index contributed by atoms with van der Waals surface area (Å²) in [5, 5.41) is 1.20. The van der Waals surface area contributed by atoms with E-state index in [0.29, 0.717) is 39.8 Å².